The number of para-hydroxylation sites is 1. The molecule has 0 aromatic heterocycles. The molecule has 1 aromatic rings. The van der Waals surface area contributed by atoms with E-state index >= 15 is 0 Å². The van der Waals surface area contributed by atoms with Gasteiger partial charge in [-0.05, 0) is 58.3 Å². The smallest absolute Gasteiger partial charge is 0.146 e. The molecule has 1 aromatic carbocycles. The summed E-state index contributed by atoms with van der Waals surface area (Å²) in [5.74, 6) is 1.15. The highest BCUT2D eigenvalue weighted by Gasteiger charge is 2.15. The Morgan fingerprint density at radius 3 is 2.70 bits per heavy atom. The molecule has 0 aliphatic carbocycles. The molecule has 23 heavy (non-hydrogen) atoms. The standard InChI is InChI=1S/C19H32N2O2/c1-5-9-18(16(3)22)21-14-15(2)23-19-12-7-6-10-17(19)11-8-13-20-4/h6-7,10,12,15,18,20-21H,5,8-9,11,13-14H2,1-4H3/t15-,18+/m1/s1. The highest BCUT2D eigenvalue weighted by molar-refractivity contribution is 5.81. The van der Waals surface area contributed by atoms with Crippen LogP contribution in [0.2, 0.25) is 0 Å². The summed E-state index contributed by atoms with van der Waals surface area (Å²) in [6, 6.07) is 8.15. The molecule has 0 aliphatic heterocycles. The van der Waals surface area contributed by atoms with Gasteiger partial charge in [-0.2, -0.15) is 0 Å². The van der Waals surface area contributed by atoms with E-state index in [9.17, 15) is 4.79 Å². The minimum absolute atomic E-state index is 0.0270. The zero-order valence-corrected chi connectivity index (χ0v) is 15.0. The van der Waals surface area contributed by atoms with Crippen LogP contribution in [-0.2, 0) is 11.2 Å². The highest BCUT2D eigenvalue weighted by atomic mass is 16.5. The summed E-state index contributed by atoms with van der Waals surface area (Å²) < 4.78 is 6.09. The Bertz CT molecular complexity index is 462. The van der Waals surface area contributed by atoms with Crippen LogP contribution >= 0.6 is 0 Å². The summed E-state index contributed by atoms with van der Waals surface area (Å²) in [7, 11) is 1.97. The van der Waals surface area contributed by atoms with E-state index in [1.54, 1.807) is 6.92 Å². The first-order valence-electron chi connectivity index (χ1n) is 8.71. The van der Waals surface area contributed by atoms with Crippen molar-refractivity contribution in [1.29, 1.82) is 0 Å². The Labute approximate surface area is 141 Å². The monoisotopic (exact) mass is 320 g/mol. The summed E-state index contributed by atoms with van der Waals surface area (Å²) in [6.45, 7) is 7.47. The number of rotatable bonds is 12. The molecule has 0 aliphatic rings. The van der Waals surface area contributed by atoms with Crippen LogP contribution < -0.4 is 15.4 Å². The number of ether oxygens (including phenoxy) is 1. The largest absolute Gasteiger partial charge is 0.489 e. The molecular weight excluding hydrogens is 288 g/mol. The maximum atomic E-state index is 11.6. The van der Waals surface area contributed by atoms with Gasteiger partial charge in [0.15, 0.2) is 0 Å². The summed E-state index contributed by atoms with van der Waals surface area (Å²) in [5.41, 5.74) is 1.24. The molecule has 0 bridgehead atoms. The molecule has 0 spiro atoms. The fraction of sp³-hybridized carbons (Fsp3) is 0.632. The molecule has 1 rings (SSSR count). The van der Waals surface area contributed by atoms with Crippen molar-refractivity contribution in [3.8, 4) is 5.75 Å². The molecule has 130 valence electrons. The van der Waals surface area contributed by atoms with Crippen LogP contribution in [0.5, 0.6) is 5.75 Å². The molecule has 0 unspecified atom stereocenters. The molecule has 0 heterocycles. The van der Waals surface area contributed by atoms with Gasteiger partial charge in [0.2, 0.25) is 0 Å². The number of hydrogen-bond acceptors (Lipinski definition) is 4. The predicted molar refractivity (Wildman–Crippen MR) is 96.2 cm³/mol. The molecule has 0 amide bonds. The third kappa shape index (κ3) is 7.62. The van der Waals surface area contributed by atoms with E-state index in [0.717, 1.165) is 38.0 Å². The van der Waals surface area contributed by atoms with E-state index in [4.69, 9.17) is 4.74 Å². The maximum Gasteiger partial charge on any atom is 0.146 e. The van der Waals surface area contributed by atoms with Crippen molar-refractivity contribution in [3.63, 3.8) is 0 Å². The van der Waals surface area contributed by atoms with Crippen molar-refractivity contribution in [2.24, 2.45) is 0 Å². The Hall–Kier alpha value is -1.39. The normalized spacial score (nSPS) is 13.6. The van der Waals surface area contributed by atoms with Crippen molar-refractivity contribution >= 4 is 5.78 Å². The highest BCUT2D eigenvalue weighted by Crippen LogP contribution is 2.20. The van der Waals surface area contributed by atoms with Crippen molar-refractivity contribution in [2.75, 3.05) is 20.1 Å². The quantitative estimate of drug-likeness (QED) is 0.581. The second kappa shape index (κ2) is 11.2. The summed E-state index contributed by atoms with van der Waals surface area (Å²) in [5, 5.41) is 6.50. The number of carbonyl (C=O) groups is 1. The van der Waals surface area contributed by atoms with Crippen molar-refractivity contribution in [2.45, 2.75) is 58.6 Å². The molecule has 2 N–H and O–H groups in total. The number of Topliss-reactive ketones (excluding diaryl/α,β-unsaturated/α-hetero) is 1. The zero-order chi connectivity index (χ0) is 17.1. The summed E-state index contributed by atoms with van der Waals surface area (Å²) in [4.78, 5) is 11.6. The van der Waals surface area contributed by atoms with E-state index in [1.807, 2.05) is 26.1 Å². The van der Waals surface area contributed by atoms with Crippen LogP contribution in [0, 0.1) is 0 Å². The molecule has 0 saturated heterocycles. The Morgan fingerprint density at radius 1 is 1.30 bits per heavy atom. The van der Waals surface area contributed by atoms with Gasteiger partial charge in [0, 0.05) is 6.54 Å². The van der Waals surface area contributed by atoms with E-state index in [2.05, 4.69) is 29.7 Å². The first-order valence-corrected chi connectivity index (χ1v) is 8.71. The second-order valence-corrected chi connectivity index (χ2v) is 6.10. The van der Waals surface area contributed by atoms with Gasteiger partial charge < -0.3 is 15.4 Å². The average Bonchev–Trinajstić information content (AvgIpc) is 2.53. The van der Waals surface area contributed by atoms with Gasteiger partial charge in [-0.3, -0.25) is 4.79 Å². The summed E-state index contributed by atoms with van der Waals surface area (Å²) >= 11 is 0. The molecule has 0 saturated carbocycles. The molecule has 4 nitrogen and oxygen atoms in total. The topological polar surface area (TPSA) is 50.4 Å². The van der Waals surface area contributed by atoms with Gasteiger partial charge in [-0.1, -0.05) is 31.5 Å². The molecule has 2 atom stereocenters. The Morgan fingerprint density at radius 2 is 2.04 bits per heavy atom. The van der Waals surface area contributed by atoms with Crippen molar-refractivity contribution in [1.82, 2.24) is 10.6 Å². The summed E-state index contributed by atoms with van der Waals surface area (Å²) in [6.07, 6.45) is 4.00. The van der Waals surface area contributed by atoms with E-state index < -0.39 is 0 Å². The molecular formula is C19H32N2O2. The first kappa shape index (κ1) is 19.7. The predicted octanol–water partition coefficient (Wildman–Crippen LogP) is 2.95. The number of carbonyl (C=O) groups excluding carboxylic acids is 1. The Balaban J connectivity index is 2.53. The third-order valence-corrected chi connectivity index (χ3v) is 3.89. The molecule has 0 fully saturated rings. The third-order valence-electron chi connectivity index (χ3n) is 3.89. The van der Waals surface area contributed by atoms with Gasteiger partial charge in [0.25, 0.3) is 0 Å². The number of hydrogen-bond donors (Lipinski definition) is 2. The number of ketones is 1. The minimum Gasteiger partial charge on any atom is -0.489 e. The van der Waals surface area contributed by atoms with Crippen molar-refractivity contribution in [3.05, 3.63) is 29.8 Å². The number of aryl methyl sites for hydroxylation is 1. The van der Waals surface area contributed by atoms with Crippen LogP contribution in [0.1, 0.15) is 45.6 Å². The van der Waals surface area contributed by atoms with Crippen LogP contribution in [0.3, 0.4) is 0 Å². The first-order chi connectivity index (χ1) is 11.1. The van der Waals surface area contributed by atoms with Crippen molar-refractivity contribution < 1.29 is 9.53 Å². The van der Waals surface area contributed by atoms with Crippen LogP contribution in [-0.4, -0.2) is 38.1 Å². The lowest BCUT2D eigenvalue weighted by atomic mass is 10.1. The van der Waals surface area contributed by atoms with E-state index in [1.165, 1.54) is 5.56 Å². The van der Waals surface area contributed by atoms with Gasteiger partial charge in [-0.15, -0.1) is 0 Å². The lowest BCUT2D eigenvalue weighted by Gasteiger charge is -2.21. The minimum atomic E-state index is -0.0584. The number of nitrogens with one attached hydrogen (secondary N) is 2. The lowest BCUT2D eigenvalue weighted by molar-refractivity contribution is -0.119. The van der Waals surface area contributed by atoms with Crippen LogP contribution in [0.15, 0.2) is 24.3 Å². The second-order valence-electron chi connectivity index (χ2n) is 6.10. The van der Waals surface area contributed by atoms with Gasteiger partial charge in [0.05, 0.1) is 6.04 Å². The van der Waals surface area contributed by atoms with Gasteiger partial charge in [-0.25, -0.2) is 0 Å². The fourth-order valence-corrected chi connectivity index (χ4v) is 2.59. The van der Waals surface area contributed by atoms with Crippen LogP contribution in [0.25, 0.3) is 0 Å². The lowest BCUT2D eigenvalue weighted by Crippen LogP contribution is -2.40. The molecule has 0 radical (unpaired) electrons. The number of benzene rings is 1. The fourth-order valence-electron chi connectivity index (χ4n) is 2.59. The van der Waals surface area contributed by atoms with Gasteiger partial charge >= 0.3 is 0 Å². The SMILES string of the molecule is CCC[C@H](NC[C@@H](C)Oc1ccccc1CCCNC)C(C)=O. The van der Waals surface area contributed by atoms with E-state index in [-0.39, 0.29) is 17.9 Å². The van der Waals surface area contributed by atoms with Crippen LogP contribution in [0.4, 0.5) is 0 Å². The zero-order valence-electron chi connectivity index (χ0n) is 15.0. The Kier molecular flexibility index (Phi) is 9.57. The van der Waals surface area contributed by atoms with Gasteiger partial charge in [0.1, 0.15) is 17.6 Å². The van der Waals surface area contributed by atoms with E-state index in [0.29, 0.717) is 6.54 Å². The average molecular weight is 320 g/mol. The maximum absolute atomic E-state index is 11.6. The molecule has 4 heteroatoms.